The Morgan fingerprint density at radius 2 is 2.50 bits per heavy atom. The van der Waals surface area contributed by atoms with E-state index >= 15 is 0 Å². The third-order valence-electron chi connectivity index (χ3n) is 1.35. The van der Waals surface area contributed by atoms with Crippen molar-refractivity contribution in [2.75, 3.05) is 6.54 Å². The molecule has 0 atom stereocenters. The molecule has 1 rings (SSSR count). The van der Waals surface area contributed by atoms with Crippen molar-refractivity contribution < 1.29 is 4.79 Å². The molecular weight excluding hydrogens is 267 g/mol. The molecule has 0 radical (unpaired) electrons. The molecule has 0 aliphatic heterocycles. The van der Waals surface area contributed by atoms with E-state index in [9.17, 15) is 4.79 Å². The Morgan fingerprint density at radius 3 is 3.08 bits per heavy atom. The number of pyridine rings is 1. The highest BCUT2D eigenvalue weighted by Crippen LogP contribution is 2.08. The van der Waals surface area contributed by atoms with Crippen molar-refractivity contribution in [3.8, 4) is 0 Å². The van der Waals surface area contributed by atoms with Gasteiger partial charge in [-0.3, -0.25) is 9.78 Å². The number of hydrogen-bond acceptors (Lipinski definition) is 2. The molecule has 0 unspecified atom stereocenters. The Morgan fingerprint density at radius 1 is 1.75 bits per heavy atom. The number of carbonyl (C=O) groups is 1. The van der Waals surface area contributed by atoms with Gasteiger partial charge in [-0.15, -0.1) is 0 Å². The molecule has 1 heterocycles. The van der Waals surface area contributed by atoms with Crippen LogP contribution in [0.4, 0.5) is 0 Å². The van der Waals surface area contributed by atoms with E-state index in [1.807, 2.05) is 6.92 Å². The van der Waals surface area contributed by atoms with Crippen LogP contribution in [0.15, 0.2) is 18.5 Å². The SMILES string of the molecule is CCNC(=O)c1ccncc1I. The molecule has 12 heavy (non-hydrogen) atoms. The van der Waals surface area contributed by atoms with Crippen LogP contribution in [0.5, 0.6) is 0 Å². The Balaban J connectivity index is 2.87. The molecule has 1 amide bonds. The summed E-state index contributed by atoms with van der Waals surface area (Å²) in [5.74, 6) is -0.0377. The molecular formula is C8H9IN2O. The summed E-state index contributed by atoms with van der Waals surface area (Å²) >= 11 is 2.09. The van der Waals surface area contributed by atoms with Gasteiger partial charge in [-0.1, -0.05) is 0 Å². The molecule has 4 heteroatoms. The van der Waals surface area contributed by atoms with Crippen molar-refractivity contribution in [3.05, 3.63) is 27.6 Å². The molecule has 0 spiro atoms. The summed E-state index contributed by atoms with van der Waals surface area (Å²) in [6.07, 6.45) is 3.29. The lowest BCUT2D eigenvalue weighted by atomic mass is 10.2. The molecule has 64 valence electrons. The van der Waals surface area contributed by atoms with Crippen LogP contribution in [-0.4, -0.2) is 17.4 Å². The van der Waals surface area contributed by atoms with Crippen molar-refractivity contribution in [2.45, 2.75) is 6.92 Å². The van der Waals surface area contributed by atoms with E-state index in [0.717, 1.165) is 3.57 Å². The minimum Gasteiger partial charge on any atom is -0.352 e. The fraction of sp³-hybridized carbons (Fsp3) is 0.250. The van der Waals surface area contributed by atoms with Crippen molar-refractivity contribution in [1.29, 1.82) is 0 Å². The number of aromatic nitrogens is 1. The summed E-state index contributed by atoms with van der Waals surface area (Å²) in [5, 5.41) is 2.73. The molecule has 0 fully saturated rings. The zero-order valence-corrected chi connectivity index (χ0v) is 8.83. The number of nitrogens with zero attached hydrogens (tertiary/aromatic N) is 1. The van der Waals surface area contributed by atoms with Gasteiger partial charge in [0.2, 0.25) is 0 Å². The number of nitrogens with one attached hydrogen (secondary N) is 1. The molecule has 0 aliphatic rings. The van der Waals surface area contributed by atoms with Crippen molar-refractivity contribution in [1.82, 2.24) is 10.3 Å². The second-order valence-corrected chi connectivity index (χ2v) is 3.38. The van der Waals surface area contributed by atoms with Gasteiger partial charge in [0.25, 0.3) is 5.91 Å². The Labute approximate surface area is 84.7 Å². The van der Waals surface area contributed by atoms with Gasteiger partial charge in [0.1, 0.15) is 0 Å². The predicted octanol–water partition coefficient (Wildman–Crippen LogP) is 1.44. The molecule has 0 saturated carbocycles. The summed E-state index contributed by atoms with van der Waals surface area (Å²) < 4.78 is 0.876. The van der Waals surface area contributed by atoms with Gasteiger partial charge in [0, 0.05) is 22.5 Å². The standard InChI is InChI=1S/C8H9IN2O/c1-2-11-8(12)6-3-4-10-5-7(6)9/h3-5H,2H2,1H3,(H,11,12). The summed E-state index contributed by atoms with van der Waals surface area (Å²) in [5.41, 5.74) is 0.687. The molecule has 1 aromatic rings. The van der Waals surface area contributed by atoms with Crippen LogP contribution in [-0.2, 0) is 0 Å². The average molecular weight is 276 g/mol. The van der Waals surface area contributed by atoms with Crippen LogP contribution in [0, 0.1) is 3.57 Å². The number of halogens is 1. The van der Waals surface area contributed by atoms with E-state index in [-0.39, 0.29) is 5.91 Å². The fourth-order valence-corrected chi connectivity index (χ4v) is 1.40. The minimum absolute atomic E-state index is 0.0377. The van der Waals surface area contributed by atoms with E-state index in [0.29, 0.717) is 12.1 Å². The van der Waals surface area contributed by atoms with Crippen LogP contribution in [0.2, 0.25) is 0 Å². The van der Waals surface area contributed by atoms with Crippen LogP contribution in [0.25, 0.3) is 0 Å². The van der Waals surface area contributed by atoms with Gasteiger partial charge in [0.15, 0.2) is 0 Å². The zero-order valence-electron chi connectivity index (χ0n) is 6.67. The van der Waals surface area contributed by atoms with Gasteiger partial charge in [-0.2, -0.15) is 0 Å². The lowest BCUT2D eigenvalue weighted by Gasteiger charge is -2.02. The minimum atomic E-state index is -0.0377. The van der Waals surface area contributed by atoms with E-state index < -0.39 is 0 Å². The molecule has 3 nitrogen and oxygen atoms in total. The second-order valence-electron chi connectivity index (χ2n) is 2.21. The van der Waals surface area contributed by atoms with E-state index in [4.69, 9.17) is 0 Å². The maximum Gasteiger partial charge on any atom is 0.252 e. The zero-order chi connectivity index (χ0) is 8.97. The van der Waals surface area contributed by atoms with Gasteiger partial charge >= 0.3 is 0 Å². The molecule has 1 aromatic heterocycles. The Kier molecular flexibility index (Phi) is 3.46. The maximum absolute atomic E-state index is 11.3. The second kappa shape index (κ2) is 4.39. The first-order valence-electron chi connectivity index (χ1n) is 3.63. The maximum atomic E-state index is 11.3. The van der Waals surface area contributed by atoms with Crippen LogP contribution < -0.4 is 5.32 Å². The topological polar surface area (TPSA) is 42.0 Å². The van der Waals surface area contributed by atoms with Crippen LogP contribution in [0.1, 0.15) is 17.3 Å². The van der Waals surface area contributed by atoms with E-state index in [1.165, 1.54) is 0 Å². The van der Waals surface area contributed by atoms with Gasteiger partial charge in [-0.25, -0.2) is 0 Å². The molecule has 1 N–H and O–H groups in total. The molecule has 0 aromatic carbocycles. The highest BCUT2D eigenvalue weighted by atomic mass is 127. The first-order valence-corrected chi connectivity index (χ1v) is 4.71. The summed E-state index contributed by atoms with van der Waals surface area (Å²) in [6, 6.07) is 1.72. The fourth-order valence-electron chi connectivity index (χ4n) is 0.815. The normalized spacial score (nSPS) is 9.50. The van der Waals surface area contributed by atoms with Crippen LogP contribution in [0.3, 0.4) is 0 Å². The highest BCUT2D eigenvalue weighted by molar-refractivity contribution is 14.1. The van der Waals surface area contributed by atoms with Gasteiger partial charge in [-0.05, 0) is 35.6 Å². The number of amides is 1. The highest BCUT2D eigenvalue weighted by Gasteiger charge is 2.06. The summed E-state index contributed by atoms with van der Waals surface area (Å²) in [6.45, 7) is 2.54. The average Bonchev–Trinajstić information content (AvgIpc) is 2.05. The van der Waals surface area contributed by atoms with Crippen molar-refractivity contribution >= 4 is 28.5 Å². The van der Waals surface area contributed by atoms with E-state index in [1.54, 1.807) is 18.5 Å². The van der Waals surface area contributed by atoms with Crippen molar-refractivity contribution in [2.24, 2.45) is 0 Å². The first kappa shape index (κ1) is 9.44. The third kappa shape index (κ3) is 2.17. The van der Waals surface area contributed by atoms with E-state index in [2.05, 4.69) is 32.9 Å². The quantitative estimate of drug-likeness (QED) is 0.830. The number of carbonyl (C=O) groups excluding carboxylic acids is 1. The van der Waals surface area contributed by atoms with Crippen LogP contribution >= 0.6 is 22.6 Å². The number of hydrogen-bond donors (Lipinski definition) is 1. The third-order valence-corrected chi connectivity index (χ3v) is 2.21. The lowest BCUT2D eigenvalue weighted by molar-refractivity contribution is 0.0955. The number of rotatable bonds is 2. The Bertz CT molecular complexity index is 288. The molecule has 0 aliphatic carbocycles. The van der Waals surface area contributed by atoms with Gasteiger partial charge in [0.05, 0.1) is 5.56 Å². The first-order chi connectivity index (χ1) is 5.75. The molecule has 0 bridgehead atoms. The smallest absolute Gasteiger partial charge is 0.252 e. The summed E-state index contributed by atoms with van der Waals surface area (Å²) in [4.78, 5) is 15.2. The predicted molar refractivity (Wildman–Crippen MR) is 55.0 cm³/mol. The lowest BCUT2D eigenvalue weighted by Crippen LogP contribution is -2.23. The summed E-state index contributed by atoms with van der Waals surface area (Å²) in [7, 11) is 0. The largest absolute Gasteiger partial charge is 0.352 e. The monoisotopic (exact) mass is 276 g/mol. The Hall–Kier alpha value is -0.650. The molecule has 0 saturated heterocycles. The van der Waals surface area contributed by atoms with Crippen molar-refractivity contribution in [3.63, 3.8) is 0 Å². The van der Waals surface area contributed by atoms with Gasteiger partial charge < -0.3 is 5.32 Å².